The fourth-order valence-electron chi connectivity index (χ4n) is 4.77. The molecule has 0 N–H and O–H groups in total. The number of cyclic esters (lactones) is 1. The minimum Gasteiger partial charge on any atom is -0.458 e. The standard InChI is InChI=1S/C30H31O5S/c1-30(22-11-5-2-6-12-22)34-27(29(32)35-30)21-28(31)33-23-17-19-26(20-18-23)36(24-13-7-3-8-14-24)25-15-9-4-10-16-25/h2-3,5-9,11,13-17,19-20,22-23,27H,4,10,12,18,21H2,1H3/q+1. The Kier molecular flexibility index (Phi) is 7.44. The Hall–Kier alpha value is -3.09. The van der Waals surface area contributed by atoms with Crippen LogP contribution in [-0.2, 0) is 34.7 Å². The molecule has 36 heavy (non-hydrogen) atoms. The van der Waals surface area contributed by atoms with E-state index < -0.39 is 23.8 Å². The van der Waals surface area contributed by atoms with Gasteiger partial charge >= 0.3 is 11.9 Å². The van der Waals surface area contributed by atoms with Crippen LogP contribution in [-0.4, -0.2) is 29.9 Å². The van der Waals surface area contributed by atoms with E-state index in [0.717, 1.165) is 19.3 Å². The number of rotatable bonds is 7. The van der Waals surface area contributed by atoms with Crippen molar-refractivity contribution in [3.05, 3.63) is 101 Å². The van der Waals surface area contributed by atoms with Gasteiger partial charge in [-0.1, -0.05) is 48.6 Å². The molecular weight excluding hydrogens is 472 g/mol. The average molecular weight is 504 g/mol. The zero-order valence-electron chi connectivity index (χ0n) is 20.4. The topological polar surface area (TPSA) is 61.8 Å². The zero-order valence-corrected chi connectivity index (χ0v) is 21.2. The monoisotopic (exact) mass is 503 g/mol. The van der Waals surface area contributed by atoms with Crippen LogP contribution in [0.5, 0.6) is 0 Å². The van der Waals surface area contributed by atoms with E-state index in [1.807, 2.05) is 36.4 Å². The van der Waals surface area contributed by atoms with E-state index in [9.17, 15) is 9.59 Å². The van der Waals surface area contributed by atoms with Crippen molar-refractivity contribution in [3.8, 4) is 0 Å². The molecule has 4 aliphatic rings. The second kappa shape index (κ2) is 10.9. The SMILES string of the molecule is CC1(C2C=CC=CC2)OC(=O)C(CC(=O)OC2C=CC([S+](C3=CCCC=C3)c3ccccc3)=CC2)O1. The number of carbonyl (C=O) groups excluding carboxylic acids is 2. The Morgan fingerprint density at radius 2 is 1.86 bits per heavy atom. The summed E-state index contributed by atoms with van der Waals surface area (Å²) in [6.07, 6.45) is 22.8. The predicted molar refractivity (Wildman–Crippen MR) is 141 cm³/mol. The van der Waals surface area contributed by atoms with E-state index in [2.05, 4.69) is 54.6 Å². The second-order valence-corrected chi connectivity index (χ2v) is 11.4. The van der Waals surface area contributed by atoms with Crippen molar-refractivity contribution in [1.29, 1.82) is 0 Å². The van der Waals surface area contributed by atoms with Crippen molar-refractivity contribution >= 4 is 22.8 Å². The molecule has 1 heterocycles. The minimum absolute atomic E-state index is 0.0789. The highest BCUT2D eigenvalue weighted by Crippen LogP contribution is 2.38. The van der Waals surface area contributed by atoms with Gasteiger partial charge in [0.25, 0.3) is 0 Å². The second-order valence-electron chi connectivity index (χ2n) is 9.34. The molecule has 0 amide bonds. The predicted octanol–water partition coefficient (Wildman–Crippen LogP) is 5.83. The van der Waals surface area contributed by atoms with E-state index in [4.69, 9.17) is 14.2 Å². The summed E-state index contributed by atoms with van der Waals surface area (Å²) in [7, 11) is -0.192. The van der Waals surface area contributed by atoms with Gasteiger partial charge in [0.1, 0.15) is 6.10 Å². The van der Waals surface area contributed by atoms with Gasteiger partial charge in [0.15, 0.2) is 20.8 Å². The summed E-state index contributed by atoms with van der Waals surface area (Å²) >= 11 is 0. The van der Waals surface area contributed by atoms with E-state index >= 15 is 0 Å². The fourth-order valence-corrected chi connectivity index (χ4v) is 7.01. The lowest BCUT2D eigenvalue weighted by Crippen LogP contribution is -2.36. The van der Waals surface area contributed by atoms with E-state index in [-0.39, 0.29) is 29.3 Å². The smallest absolute Gasteiger partial charge is 0.338 e. The lowest BCUT2D eigenvalue weighted by molar-refractivity contribution is -0.187. The number of benzene rings is 1. The highest BCUT2D eigenvalue weighted by Gasteiger charge is 2.49. The zero-order chi connectivity index (χ0) is 25.0. The van der Waals surface area contributed by atoms with Crippen LogP contribution >= 0.6 is 0 Å². The third kappa shape index (κ3) is 5.50. The summed E-state index contributed by atoms with van der Waals surface area (Å²) in [4.78, 5) is 28.9. The van der Waals surface area contributed by atoms with Crippen LogP contribution in [0.3, 0.4) is 0 Å². The fraction of sp³-hybridized carbons (Fsp3) is 0.333. The van der Waals surface area contributed by atoms with Gasteiger partial charge in [-0.25, -0.2) is 4.79 Å². The highest BCUT2D eigenvalue weighted by atomic mass is 32.2. The molecule has 1 aromatic carbocycles. The first-order chi connectivity index (χ1) is 17.5. The molecule has 1 aromatic rings. The molecule has 0 saturated carbocycles. The number of allylic oxidation sites excluding steroid dienone is 7. The Bertz CT molecular complexity index is 1170. The molecule has 5 rings (SSSR count). The number of hydrogen-bond donors (Lipinski definition) is 0. The van der Waals surface area contributed by atoms with Crippen LogP contribution in [0.15, 0.2) is 106 Å². The van der Waals surface area contributed by atoms with Gasteiger partial charge in [-0.15, -0.1) is 0 Å². The maximum absolute atomic E-state index is 12.7. The highest BCUT2D eigenvalue weighted by molar-refractivity contribution is 8.04. The lowest BCUT2D eigenvalue weighted by atomic mass is 9.93. The lowest BCUT2D eigenvalue weighted by Gasteiger charge is -2.29. The first-order valence-corrected chi connectivity index (χ1v) is 13.7. The van der Waals surface area contributed by atoms with Crippen molar-refractivity contribution in [3.63, 3.8) is 0 Å². The molecule has 1 aliphatic heterocycles. The van der Waals surface area contributed by atoms with Crippen LogP contribution in [0.2, 0.25) is 0 Å². The van der Waals surface area contributed by atoms with Gasteiger partial charge in [0, 0.05) is 19.3 Å². The molecular formula is C30H31O5S+. The molecule has 0 bridgehead atoms. The Balaban J connectivity index is 1.19. The molecule has 1 fully saturated rings. The van der Waals surface area contributed by atoms with E-state index in [1.165, 1.54) is 14.7 Å². The summed E-state index contributed by atoms with van der Waals surface area (Å²) in [6, 6.07) is 10.5. The van der Waals surface area contributed by atoms with Gasteiger partial charge in [-0.3, -0.25) is 4.79 Å². The van der Waals surface area contributed by atoms with Crippen LogP contribution in [0.1, 0.15) is 39.0 Å². The van der Waals surface area contributed by atoms with Crippen LogP contribution in [0, 0.1) is 5.92 Å². The molecule has 0 spiro atoms. The van der Waals surface area contributed by atoms with Crippen LogP contribution in [0.25, 0.3) is 0 Å². The maximum atomic E-state index is 12.7. The summed E-state index contributed by atoms with van der Waals surface area (Å²) in [5.41, 5.74) is 0. The van der Waals surface area contributed by atoms with E-state index in [1.54, 1.807) is 6.92 Å². The number of esters is 2. The normalized spacial score (nSPS) is 29.9. The van der Waals surface area contributed by atoms with Gasteiger partial charge in [0.05, 0.1) is 17.3 Å². The van der Waals surface area contributed by atoms with Crippen molar-refractivity contribution in [1.82, 2.24) is 0 Å². The number of ether oxygens (including phenoxy) is 3. The Morgan fingerprint density at radius 1 is 1.03 bits per heavy atom. The molecule has 6 heteroatoms. The molecule has 5 atom stereocenters. The van der Waals surface area contributed by atoms with Crippen molar-refractivity contribution in [2.45, 2.75) is 61.9 Å². The molecule has 0 aromatic heterocycles. The van der Waals surface area contributed by atoms with Gasteiger partial charge in [-0.05, 0) is 61.8 Å². The van der Waals surface area contributed by atoms with Crippen molar-refractivity contribution in [2.24, 2.45) is 5.92 Å². The van der Waals surface area contributed by atoms with Gasteiger partial charge < -0.3 is 14.2 Å². The first-order valence-electron chi connectivity index (χ1n) is 12.5. The quantitative estimate of drug-likeness (QED) is 0.346. The summed E-state index contributed by atoms with van der Waals surface area (Å²) in [6.45, 7) is 1.75. The maximum Gasteiger partial charge on any atom is 0.338 e. The molecule has 5 unspecified atom stereocenters. The largest absolute Gasteiger partial charge is 0.458 e. The average Bonchev–Trinajstić information content (AvgIpc) is 3.20. The van der Waals surface area contributed by atoms with Gasteiger partial charge in [0.2, 0.25) is 5.79 Å². The van der Waals surface area contributed by atoms with Gasteiger partial charge in [-0.2, -0.15) is 0 Å². The van der Waals surface area contributed by atoms with Crippen molar-refractivity contribution < 1.29 is 23.8 Å². The summed E-state index contributed by atoms with van der Waals surface area (Å²) in [5.74, 6) is -2.13. The summed E-state index contributed by atoms with van der Waals surface area (Å²) in [5, 5.41) is 0. The number of hydrogen-bond acceptors (Lipinski definition) is 5. The third-order valence-electron chi connectivity index (χ3n) is 6.67. The van der Waals surface area contributed by atoms with Crippen molar-refractivity contribution in [2.75, 3.05) is 0 Å². The third-order valence-corrected chi connectivity index (χ3v) is 8.96. The molecule has 186 valence electrons. The van der Waals surface area contributed by atoms with Crippen LogP contribution < -0.4 is 0 Å². The van der Waals surface area contributed by atoms with E-state index in [0.29, 0.717) is 6.42 Å². The Labute approximate surface area is 215 Å². The Morgan fingerprint density at radius 3 is 2.56 bits per heavy atom. The number of carbonyl (C=O) groups is 2. The summed E-state index contributed by atoms with van der Waals surface area (Å²) < 4.78 is 17.2. The minimum atomic E-state index is -1.07. The van der Waals surface area contributed by atoms with Crippen LogP contribution in [0.4, 0.5) is 0 Å². The first kappa shape index (κ1) is 24.6. The molecule has 0 radical (unpaired) electrons. The molecule has 3 aliphatic carbocycles. The molecule has 5 nitrogen and oxygen atoms in total. The molecule has 1 saturated heterocycles.